The number of aromatic nitrogens is 2. The number of nitrogens with one attached hydrogen (secondary N) is 2. The van der Waals surface area contributed by atoms with Gasteiger partial charge in [0.1, 0.15) is 6.33 Å². The van der Waals surface area contributed by atoms with Gasteiger partial charge in [0.25, 0.3) is 0 Å². The first-order valence-corrected chi connectivity index (χ1v) is 8.33. The Morgan fingerprint density at radius 2 is 1.71 bits per heavy atom. The zero-order chi connectivity index (χ0) is 20.1. The number of anilines is 4. The Labute approximate surface area is 164 Å². The van der Waals surface area contributed by atoms with Crippen molar-refractivity contribution in [2.24, 2.45) is 0 Å². The van der Waals surface area contributed by atoms with Gasteiger partial charge in [-0.1, -0.05) is 23.7 Å². The highest BCUT2D eigenvalue weighted by Crippen LogP contribution is 2.34. The van der Waals surface area contributed by atoms with Gasteiger partial charge in [0, 0.05) is 10.7 Å². The lowest BCUT2D eigenvalue weighted by atomic mass is 10.2. The van der Waals surface area contributed by atoms with Crippen molar-refractivity contribution in [1.29, 1.82) is 0 Å². The molecule has 0 atom stereocenters. The summed E-state index contributed by atoms with van der Waals surface area (Å²) in [5.74, 6) is -0.674. The predicted molar refractivity (Wildman–Crippen MR) is 104 cm³/mol. The summed E-state index contributed by atoms with van der Waals surface area (Å²) < 4.78 is 4.74. The maximum Gasteiger partial charge on any atom is 0.353 e. The van der Waals surface area contributed by atoms with Crippen molar-refractivity contribution in [3.63, 3.8) is 0 Å². The highest BCUT2D eigenvalue weighted by Gasteiger charge is 2.24. The second-order valence-electron chi connectivity index (χ2n) is 5.47. The number of nitrogens with zero attached hydrogens (tertiary/aromatic N) is 3. The molecule has 0 fully saturated rings. The highest BCUT2D eigenvalue weighted by molar-refractivity contribution is 6.30. The van der Waals surface area contributed by atoms with E-state index in [1.807, 2.05) is 0 Å². The number of carbonyl (C=O) groups excluding carboxylic acids is 1. The molecule has 0 saturated carbocycles. The van der Waals surface area contributed by atoms with Gasteiger partial charge in [-0.15, -0.1) is 0 Å². The molecule has 0 aliphatic heterocycles. The van der Waals surface area contributed by atoms with Gasteiger partial charge in [-0.25, -0.2) is 14.8 Å². The van der Waals surface area contributed by atoms with E-state index >= 15 is 0 Å². The third-order valence-electron chi connectivity index (χ3n) is 3.70. The molecule has 0 spiro atoms. The smallest absolute Gasteiger partial charge is 0.353 e. The van der Waals surface area contributed by atoms with Crippen LogP contribution in [0.25, 0.3) is 0 Å². The number of esters is 1. The van der Waals surface area contributed by atoms with Gasteiger partial charge in [-0.3, -0.25) is 10.1 Å². The summed E-state index contributed by atoms with van der Waals surface area (Å²) in [4.78, 5) is 30.9. The third-order valence-corrected chi connectivity index (χ3v) is 3.95. The number of benzene rings is 2. The molecule has 0 saturated heterocycles. The van der Waals surface area contributed by atoms with Crippen LogP contribution in [0.3, 0.4) is 0 Å². The van der Waals surface area contributed by atoms with Gasteiger partial charge in [0.2, 0.25) is 11.6 Å². The molecular weight excluding hydrogens is 386 g/mol. The largest absolute Gasteiger partial charge is 0.465 e. The lowest BCUT2D eigenvalue weighted by Crippen LogP contribution is -2.09. The molecule has 0 aliphatic carbocycles. The Bertz CT molecular complexity index is 1030. The van der Waals surface area contributed by atoms with Gasteiger partial charge in [0.15, 0.2) is 0 Å². The van der Waals surface area contributed by atoms with E-state index in [1.165, 1.54) is 19.5 Å². The van der Waals surface area contributed by atoms with Crippen LogP contribution in [0, 0.1) is 10.1 Å². The van der Waals surface area contributed by atoms with Crippen molar-refractivity contribution in [1.82, 2.24) is 9.97 Å². The van der Waals surface area contributed by atoms with Crippen LogP contribution < -0.4 is 10.6 Å². The number of nitro groups is 1. The lowest BCUT2D eigenvalue weighted by molar-refractivity contribution is -0.383. The van der Waals surface area contributed by atoms with Crippen molar-refractivity contribution in [2.45, 2.75) is 0 Å². The molecule has 0 bridgehead atoms. The molecule has 3 aromatic rings. The van der Waals surface area contributed by atoms with E-state index in [4.69, 9.17) is 16.3 Å². The molecule has 2 aromatic carbocycles. The van der Waals surface area contributed by atoms with Gasteiger partial charge < -0.3 is 15.4 Å². The SMILES string of the molecule is COC(=O)c1ccccc1Nc1ncnc(Nc2ccc(Cl)cc2)c1[N+](=O)[O-]. The number of hydrogen-bond acceptors (Lipinski definition) is 8. The third kappa shape index (κ3) is 4.15. The second-order valence-corrected chi connectivity index (χ2v) is 5.91. The summed E-state index contributed by atoms with van der Waals surface area (Å²) in [5, 5.41) is 17.9. The molecule has 10 heteroatoms. The molecule has 0 aliphatic rings. The minimum Gasteiger partial charge on any atom is -0.465 e. The number of para-hydroxylation sites is 1. The van der Waals surface area contributed by atoms with Crippen LogP contribution in [0.5, 0.6) is 0 Å². The monoisotopic (exact) mass is 399 g/mol. The predicted octanol–water partition coefficient (Wildman–Crippen LogP) is 4.31. The van der Waals surface area contributed by atoms with E-state index in [0.29, 0.717) is 16.4 Å². The zero-order valence-corrected chi connectivity index (χ0v) is 15.3. The minimum absolute atomic E-state index is 0.0135. The fourth-order valence-electron chi connectivity index (χ4n) is 2.41. The van der Waals surface area contributed by atoms with E-state index in [2.05, 4.69) is 20.6 Å². The van der Waals surface area contributed by atoms with Crippen molar-refractivity contribution in [3.8, 4) is 0 Å². The fourth-order valence-corrected chi connectivity index (χ4v) is 2.54. The number of halogens is 1. The maximum atomic E-state index is 11.9. The van der Waals surface area contributed by atoms with E-state index in [-0.39, 0.29) is 22.9 Å². The zero-order valence-electron chi connectivity index (χ0n) is 14.5. The molecule has 1 heterocycles. The quantitative estimate of drug-likeness (QED) is 0.357. The minimum atomic E-state index is -0.610. The average Bonchev–Trinajstić information content (AvgIpc) is 2.69. The molecule has 1 aromatic heterocycles. The van der Waals surface area contributed by atoms with Gasteiger partial charge in [-0.05, 0) is 36.4 Å². The molecule has 0 amide bonds. The van der Waals surface area contributed by atoms with Crippen LogP contribution >= 0.6 is 11.6 Å². The maximum absolute atomic E-state index is 11.9. The second kappa shape index (κ2) is 8.31. The molecule has 9 nitrogen and oxygen atoms in total. The average molecular weight is 400 g/mol. The topological polar surface area (TPSA) is 119 Å². The molecule has 28 heavy (non-hydrogen) atoms. The van der Waals surface area contributed by atoms with Crippen LogP contribution in [0.4, 0.5) is 28.7 Å². The van der Waals surface area contributed by atoms with Crippen molar-refractivity contribution in [3.05, 3.63) is 75.6 Å². The number of carbonyl (C=O) groups is 1. The Balaban J connectivity index is 2.00. The normalized spacial score (nSPS) is 10.2. The molecule has 0 unspecified atom stereocenters. The summed E-state index contributed by atoms with van der Waals surface area (Å²) in [6.45, 7) is 0. The number of hydrogen-bond donors (Lipinski definition) is 2. The van der Waals surface area contributed by atoms with Crippen molar-refractivity contribution in [2.75, 3.05) is 17.7 Å². The van der Waals surface area contributed by atoms with E-state index in [9.17, 15) is 14.9 Å². The summed E-state index contributed by atoms with van der Waals surface area (Å²) in [6, 6.07) is 13.1. The van der Waals surface area contributed by atoms with Crippen LogP contribution in [-0.4, -0.2) is 28.0 Å². The van der Waals surface area contributed by atoms with Crippen molar-refractivity contribution < 1.29 is 14.5 Å². The van der Waals surface area contributed by atoms with Crippen LogP contribution in [0.2, 0.25) is 5.02 Å². The molecule has 3 rings (SSSR count). The summed E-state index contributed by atoms with van der Waals surface area (Å²) in [7, 11) is 1.25. The number of methoxy groups -OCH3 is 1. The Morgan fingerprint density at radius 1 is 1.07 bits per heavy atom. The highest BCUT2D eigenvalue weighted by atomic mass is 35.5. The van der Waals surface area contributed by atoms with Gasteiger partial charge >= 0.3 is 11.7 Å². The van der Waals surface area contributed by atoms with Crippen LogP contribution in [0.1, 0.15) is 10.4 Å². The Morgan fingerprint density at radius 3 is 2.36 bits per heavy atom. The summed E-state index contributed by atoms with van der Waals surface area (Å²) >= 11 is 5.85. The molecular formula is C18H14ClN5O4. The van der Waals surface area contributed by atoms with E-state index in [1.54, 1.807) is 42.5 Å². The summed E-state index contributed by atoms with van der Waals surface area (Å²) in [6.07, 6.45) is 1.17. The first kappa shape index (κ1) is 19.1. The lowest BCUT2D eigenvalue weighted by Gasteiger charge is -2.12. The summed E-state index contributed by atoms with van der Waals surface area (Å²) in [5.41, 5.74) is 0.711. The van der Waals surface area contributed by atoms with Gasteiger partial charge in [-0.2, -0.15) is 0 Å². The first-order valence-electron chi connectivity index (χ1n) is 7.96. The Hall–Kier alpha value is -3.72. The van der Waals surface area contributed by atoms with Crippen LogP contribution in [-0.2, 0) is 4.74 Å². The number of rotatable bonds is 6. The molecule has 142 valence electrons. The van der Waals surface area contributed by atoms with E-state index < -0.39 is 10.9 Å². The van der Waals surface area contributed by atoms with Crippen molar-refractivity contribution >= 4 is 46.3 Å². The first-order chi connectivity index (χ1) is 13.5. The fraction of sp³-hybridized carbons (Fsp3) is 0.0556. The standard InChI is InChI=1S/C18H14ClN5O4/c1-28-18(25)13-4-2-3-5-14(13)23-17-15(24(26)27)16(20-10-21-17)22-12-8-6-11(19)7-9-12/h2-10H,1H3,(H2,20,21,22,23). The number of ether oxygens (including phenoxy) is 1. The molecule has 2 N–H and O–H groups in total. The Kier molecular flexibility index (Phi) is 5.66. The molecule has 0 radical (unpaired) electrons. The van der Waals surface area contributed by atoms with Gasteiger partial charge in [0.05, 0.1) is 23.3 Å². The van der Waals surface area contributed by atoms with Crippen LogP contribution in [0.15, 0.2) is 54.9 Å². The van der Waals surface area contributed by atoms with E-state index in [0.717, 1.165) is 0 Å².